The minimum Gasteiger partial charge on any atom is -0.394 e. The Hall–Kier alpha value is -0.940. The number of aliphatic hydroxyl groups is 1. The summed E-state index contributed by atoms with van der Waals surface area (Å²) in [5.74, 6) is 1.73. The van der Waals surface area contributed by atoms with Crippen LogP contribution in [0.5, 0.6) is 0 Å². The van der Waals surface area contributed by atoms with E-state index in [1.807, 2.05) is 25.5 Å². The lowest BCUT2D eigenvalue weighted by molar-refractivity contribution is 0.178. The number of hydrogen-bond acceptors (Lipinski definition) is 4. The van der Waals surface area contributed by atoms with E-state index in [1.165, 1.54) is 0 Å². The van der Waals surface area contributed by atoms with Gasteiger partial charge in [-0.15, -0.1) is 0 Å². The monoisotopic (exact) mass is 226 g/mol. The van der Waals surface area contributed by atoms with Crippen LogP contribution in [0.15, 0.2) is 0 Å². The van der Waals surface area contributed by atoms with Crippen molar-refractivity contribution in [2.24, 2.45) is 5.73 Å². The number of nitrogens with zero attached hydrogens (tertiary/aromatic N) is 3. The summed E-state index contributed by atoms with van der Waals surface area (Å²) in [5, 5.41) is 13.5. The van der Waals surface area contributed by atoms with Crippen molar-refractivity contribution < 1.29 is 5.11 Å². The van der Waals surface area contributed by atoms with Crippen LogP contribution in [0.25, 0.3) is 0 Å². The molecule has 1 heterocycles. The van der Waals surface area contributed by atoms with Crippen LogP contribution < -0.4 is 5.73 Å². The zero-order valence-corrected chi connectivity index (χ0v) is 10.4. The molecule has 0 radical (unpaired) electrons. The topological polar surface area (TPSA) is 77.0 Å². The largest absolute Gasteiger partial charge is 0.394 e. The molecule has 1 aromatic rings. The molecule has 0 aliphatic rings. The lowest BCUT2D eigenvalue weighted by atomic mass is 9.93. The van der Waals surface area contributed by atoms with Gasteiger partial charge in [-0.25, -0.2) is 4.98 Å². The van der Waals surface area contributed by atoms with Gasteiger partial charge in [-0.05, 0) is 33.1 Å². The van der Waals surface area contributed by atoms with Crippen molar-refractivity contribution in [2.75, 3.05) is 6.61 Å². The Morgan fingerprint density at radius 3 is 2.56 bits per heavy atom. The van der Waals surface area contributed by atoms with Gasteiger partial charge in [0.05, 0.1) is 6.61 Å². The van der Waals surface area contributed by atoms with Gasteiger partial charge in [0, 0.05) is 12.1 Å². The second-order valence-corrected chi connectivity index (χ2v) is 4.41. The van der Waals surface area contributed by atoms with Gasteiger partial charge < -0.3 is 10.8 Å². The maximum atomic E-state index is 9.18. The van der Waals surface area contributed by atoms with Crippen molar-refractivity contribution >= 4 is 0 Å². The summed E-state index contributed by atoms with van der Waals surface area (Å²) >= 11 is 0. The minimum atomic E-state index is -0.441. The standard InChI is InChI=1S/C11H22N4O/c1-4-11(12,8-16)6-5-7-15-10(3)13-9(2)14-15/h16H,4-8,12H2,1-3H3. The molecule has 5 nitrogen and oxygen atoms in total. The maximum Gasteiger partial charge on any atom is 0.147 e. The smallest absolute Gasteiger partial charge is 0.147 e. The number of rotatable bonds is 6. The summed E-state index contributed by atoms with van der Waals surface area (Å²) in [6, 6.07) is 0. The Kier molecular flexibility index (Phi) is 4.44. The highest BCUT2D eigenvalue weighted by Gasteiger charge is 2.20. The molecular weight excluding hydrogens is 204 g/mol. The summed E-state index contributed by atoms with van der Waals surface area (Å²) in [5.41, 5.74) is 5.57. The second kappa shape index (κ2) is 5.41. The van der Waals surface area contributed by atoms with Gasteiger partial charge in [0.25, 0.3) is 0 Å². The lowest BCUT2D eigenvalue weighted by Crippen LogP contribution is -2.43. The van der Waals surface area contributed by atoms with Crippen LogP contribution in [0.2, 0.25) is 0 Å². The third-order valence-electron chi connectivity index (χ3n) is 3.03. The van der Waals surface area contributed by atoms with Crippen LogP contribution in [0.3, 0.4) is 0 Å². The van der Waals surface area contributed by atoms with Crippen LogP contribution in [-0.4, -0.2) is 32.0 Å². The predicted octanol–water partition coefficient (Wildman–Crippen LogP) is 0.775. The van der Waals surface area contributed by atoms with E-state index in [1.54, 1.807) is 0 Å². The molecule has 1 rings (SSSR count). The number of aromatic nitrogens is 3. The highest BCUT2D eigenvalue weighted by Crippen LogP contribution is 2.14. The zero-order chi connectivity index (χ0) is 12.2. The third-order valence-corrected chi connectivity index (χ3v) is 3.03. The molecule has 0 saturated carbocycles. The summed E-state index contributed by atoms with van der Waals surface area (Å²) in [6.07, 6.45) is 2.51. The average molecular weight is 226 g/mol. The summed E-state index contributed by atoms with van der Waals surface area (Å²) in [4.78, 5) is 4.24. The molecule has 1 unspecified atom stereocenters. The van der Waals surface area contributed by atoms with Gasteiger partial charge in [0.2, 0.25) is 0 Å². The number of nitrogens with two attached hydrogens (primary N) is 1. The fourth-order valence-electron chi connectivity index (χ4n) is 1.72. The van der Waals surface area contributed by atoms with Gasteiger partial charge in [-0.3, -0.25) is 4.68 Å². The Bertz CT molecular complexity index is 331. The van der Waals surface area contributed by atoms with Crippen LogP contribution >= 0.6 is 0 Å². The fourth-order valence-corrected chi connectivity index (χ4v) is 1.72. The minimum absolute atomic E-state index is 0.0405. The highest BCUT2D eigenvalue weighted by molar-refractivity contribution is 4.88. The van der Waals surface area contributed by atoms with E-state index in [4.69, 9.17) is 5.73 Å². The van der Waals surface area contributed by atoms with Crippen molar-refractivity contribution in [3.63, 3.8) is 0 Å². The SMILES string of the molecule is CCC(N)(CO)CCCn1nc(C)nc1C. The predicted molar refractivity (Wildman–Crippen MR) is 63.0 cm³/mol. The van der Waals surface area contributed by atoms with E-state index < -0.39 is 5.54 Å². The van der Waals surface area contributed by atoms with Crippen molar-refractivity contribution in [3.8, 4) is 0 Å². The zero-order valence-electron chi connectivity index (χ0n) is 10.4. The van der Waals surface area contributed by atoms with E-state index in [9.17, 15) is 5.11 Å². The van der Waals surface area contributed by atoms with Crippen molar-refractivity contribution in [3.05, 3.63) is 11.6 Å². The molecule has 0 fully saturated rings. The summed E-state index contributed by atoms with van der Waals surface area (Å²) < 4.78 is 1.89. The molecule has 1 aromatic heterocycles. The molecule has 16 heavy (non-hydrogen) atoms. The molecule has 92 valence electrons. The molecule has 0 saturated heterocycles. The molecule has 0 aromatic carbocycles. The molecule has 0 bridgehead atoms. The fraction of sp³-hybridized carbons (Fsp3) is 0.818. The van der Waals surface area contributed by atoms with Crippen LogP contribution in [-0.2, 0) is 6.54 Å². The first-order valence-corrected chi connectivity index (χ1v) is 5.78. The first-order chi connectivity index (χ1) is 7.50. The van der Waals surface area contributed by atoms with Crippen LogP contribution in [0.1, 0.15) is 37.8 Å². The first-order valence-electron chi connectivity index (χ1n) is 5.78. The van der Waals surface area contributed by atoms with E-state index in [0.717, 1.165) is 37.5 Å². The highest BCUT2D eigenvalue weighted by atomic mass is 16.3. The Morgan fingerprint density at radius 2 is 2.12 bits per heavy atom. The maximum absolute atomic E-state index is 9.18. The molecule has 0 aliphatic carbocycles. The normalized spacial score (nSPS) is 15.1. The molecule has 0 aliphatic heterocycles. The van der Waals surface area contributed by atoms with E-state index in [-0.39, 0.29) is 6.61 Å². The number of aryl methyl sites for hydroxylation is 3. The number of hydrogen-bond donors (Lipinski definition) is 2. The molecule has 5 heteroatoms. The van der Waals surface area contributed by atoms with Crippen molar-refractivity contribution in [2.45, 2.75) is 52.1 Å². The van der Waals surface area contributed by atoms with Crippen LogP contribution in [0.4, 0.5) is 0 Å². The van der Waals surface area contributed by atoms with Crippen molar-refractivity contribution in [1.29, 1.82) is 0 Å². The van der Waals surface area contributed by atoms with Crippen molar-refractivity contribution in [1.82, 2.24) is 14.8 Å². The summed E-state index contributed by atoms with van der Waals surface area (Å²) in [7, 11) is 0. The molecule has 0 spiro atoms. The molecule has 3 N–H and O–H groups in total. The third kappa shape index (κ3) is 3.28. The number of aliphatic hydroxyl groups excluding tert-OH is 1. The quantitative estimate of drug-likeness (QED) is 0.751. The lowest BCUT2D eigenvalue weighted by Gasteiger charge is -2.25. The van der Waals surface area contributed by atoms with Gasteiger partial charge in [0.15, 0.2) is 0 Å². The van der Waals surface area contributed by atoms with Gasteiger partial charge >= 0.3 is 0 Å². The van der Waals surface area contributed by atoms with E-state index in [2.05, 4.69) is 10.1 Å². The van der Waals surface area contributed by atoms with E-state index in [0.29, 0.717) is 0 Å². The molecule has 1 atom stereocenters. The Balaban J connectivity index is 2.44. The Morgan fingerprint density at radius 1 is 1.44 bits per heavy atom. The average Bonchev–Trinajstić information content (AvgIpc) is 2.57. The van der Waals surface area contributed by atoms with Crippen LogP contribution in [0, 0.1) is 13.8 Å². The second-order valence-electron chi connectivity index (χ2n) is 4.41. The van der Waals surface area contributed by atoms with Gasteiger partial charge in [-0.1, -0.05) is 6.92 Å². The van der Waals surface area contributed by atoms with Gasteiger partial charge in [0.1, 0.15) is 11.6 Å². The van der Waals surface area contributed by atoms with E-state index >= 15 is 0 Å². The first kappa shape index (κ1) is 13.1. The molecule has 0 amide bonds. The Labute approximate surface area is 96.7 Å². The summed E-state index contributed by atoms with van der Waals surface area (Å²) in [6.45, 7) is 6.68. The molecular formula is C11H22N4O. The van der Waals surface area contributed by atoms with Gasteiger partial charge in [-0.2, -0.15) is 5.10 Å².